The second kappa shape index (κ2) is 4.84. The third kappa shape index (κ3) is 3.35. The predicted octanol–water partition coefficient (Wildman–Crippen LogP) is 2.66. The Bertz CT molecular complexity index is 406. The fraction of sp³-hybridized carbons (Fsp3) is 0.538. The Balaban J connectivity index is 2.07. The molecular formula is C13H18ClNO2. The van der Waals surface area contributed by atoms with E-state index in [2.05, 4.69) is 18.7 Å². The van der Waals surface area contributed by atoms with Crippen LogP contribution in [0.25, 0.3) is 0 Å². The van der Waals surface area contributed by atoms with E-state index in [4.69, 9.17) is 16.3 Å². The van der Waals surface area contributed by atoms with Gasteiger partial charge in [0, 0.05) is 30.2 Å². The number of hydrogen-bond acceptors (Lipinski definition) is 3. The number of phenolic OH excluding ortho intramolecular Hbond substituents is 1. The van der Waals surface area contributed by atoms with Crippen LogP contribution in [0.1, 0.15) is 19.4 Å². The normalized spacial score (nSPS) is 20.4. The lowest BCUT2D eigenvalue weighted by Crippen LogP contribution is -2.47. The maximum Gasteiger partial charge on any atom is 0.120 e. The molecule has 17 heavy (non-hydrogen) atoms. The van der Waals surface area contributed by atoms with Crippen LogP contribution in [0.3, 0.4) is 0 Å². The molecule has 1 aromatic carbocycles. The summed E-state index contributed by atoms with van der Waals surface area (Å²) in [4.78, 5) is 2.27. The number of morpholine rings is 1. The Hall–Kier alpha value is -0.770. The van der Waals surface area contributed by atoms with E-state index in [1.165, 1.54) is 0 Å². The van der Waals surface area contributed by atoms with E-state index in [1.54, 1.807) is 12.1 Å². The number of rotatable bonds is 2. The highest BCUT2D eigenvalue weighted by Crippen LogP contribution is 2.25. The van der Waals surface area contributed by atoms with Crippen LogP contribution in [-0.2, 0) is 11.3 Å². The lowest BCUT2D eigenvalue weighted by atomic mass is 10.1. The van der Waals surface area contributed by atoms with Gasteiger partial charge < -0.3 is 9.84 Å². The van der Waals surface area contributed by atoms with E-state index in [-0.39, 0.29) is 5.60 Å². The van der Waals surface area contributed by atoms with Crippen LogP contribution in [-0.4, -0.2) is 35.3 Å². The van der Waals surface area contributed by atoms with Crippen molar-refractivity contribution >= 4 is 11.6 Å². The number of benzene rings is 1. The SMILES string of the molecule is CC1(C)CN(Cc2cc(Cl)ccc2O)CCO1. The topological polar surface area (TPSA) is 32.7 Å². The van der Waals surface area contributed by atoms with Gasteiger partial charge in [0.15, 0.2) is 0 Å². The van der Waals surface area contributed by atoms with E-state index in [0.29, 0.717) is 17.3 Å². The summed E-state index contributed by atoms with van der Waals surface area (Å²) < 4.78 is 5.66. The van der Waals surface area contributed by atoms with Gasteiger partial charge in [-0.05, 0) is 32.0 Å². The van der Waals surface area contributed by atoms with Gasteiger partial charge in [-0.25, -0.2) is 0 Å². The minimum atomic E-state index is -0.119. The van der Waals surface area contributed by atoms with Gasteiger partial charge >= 0.3 is 0 Å². The Morgan fingerprint density at radius 1 is 1.47 bits per heavy atom. The molecule has 0 radical (unpaired) electrons. The fourth-order valence-electron chi connectivity index (χ4n) is 2.17. The van der Waals surface area contributed by atoms with Crippen LogP contribution in [0.5, 0.6) is 5.75 Å². The Morgan fingerprint density at radius 3 is 2.94 bits per heavy atom. The molecule has 94 valence electrons. The molecule has 2 rings (SSSR count). The number of nitrogens with zero attached hydrogens (tertiary/aromatic N) is 1. The first kappa shape index (κ1) is 12.7. The third-order valence-electron chi connectivity index (χ3n) is 2.94. The number of halogens is 1. The predicted molar refractivity (Wildman–Crippen MR) is 68.4 cm³/mol. The quantitative estimate of drug-likeness (QED) is 0.882. The zero-order valence-corrected chi connectivity index (χ0v) is 11.0. The number of phenols is 1. The average Bonchev–Trinajstić information content (AvgIpc) is 2.22. The van der Waals surface area contributed by atoms with E-state index in [9.17, 15) is 5.11 Å². The Labute approximate surface area is 107 Å². The van der Waals surface area contributed by atoms with Gasteiger partial charge in [0.25, 0.3) is 0 Å². The van der Waals surface area contributed by atoms with E-state index < -0.39 is 0 Å². The van der Waals surface area contributed by atoms with Gasteiger partial charge in [0.2, 0.25) is 0 Å². The number of ether oxygens (including phenoxy) is 1. The smallest absolute Gasteiger partial charge is 0.120 e. The van der Waals surface area contributed by atoms with Crippen molar-refractivity contribution in [2.45, 2.75) is 26.0 Å². The summed E-state index contributed by atoms with van der Waals surface area (Å²) in [6, 6.07) is 5.16. The number of hydrogen-bond donors (Lipinski definition) is 1. The van der Waals surface area contributed by atoms with Crippen LogP contribution in [0.2, 0.25) is 5.02 Å². The van der Waals surface area contributed by atoms with Gasteiger partial charge in [-0.3, -0.25) is 4.90 Å². The second-order valence-electron chi connectivity index (χ2n) is 5.09. The molecule has 0 spiro atoms. The summed E-state index contributed by atoms with van der Waals surface area (Å²) in [6.07, 6.45) is 0. The highest BCUT2D eigenvalue weighted by molar-refractivity contribution is 6.30. The van der Waals surface area contributed by atoms with Crippen molar-refractivity contribution in [2.24, 2.45) is 0 Å². The summed E-state index contributed by atoms with van der Waals surface area (Å²) in [5, 5.41) is 10.4. The average molecular weight is 256 g/mol. The summed E-state index contributed by atoms with van der Waals surface area (Å²) in [5.41, 5.74) is 0.752. The lowest BCUT2D eigenvalue weighted by Gasteiger charge is -2.38. The first-order valence-electron chi connectivity index (χ1n) is 5.80. The summed E-state index contributed by atoms with van der Waals surface area (Å²) in [7, 11) is 0. The molecule has 0 saturated carbocycles. The molecular weight excluding hydrogens is 238 g/mol. The molecule has 1 aliphatic heterocycles. The molecule has 0 unspecified atom stereocenters. The highest BCUT2D eigenvalue weighted by Gasteiger charge is 2.27. The molecule has 0 amide bonds. The first-order chi connectivity index (χ1) is 7.96. The monoisotopic (exact) mass is 255 g/mol. The van der Waals surface area contributed by atoms with Crippen molar-refractivity contribution in [1.29, 1.82) is 0 Å². The molecule has 1 aliphatic rings. The minimum Gasteiger partial charge on any atom is -0.508 e. The summed E-state index contributed by atoms with van der Waals surface area (Å²) in [6.45, 7) is 7.34. The van der Waals surface area contributed by atoms with Crippen LogP contribution >= 0.6 is 11.6 Å². The number of aromatic hydroxyl groups is 1. The van der Waals surface area contributed by atoms with Gasteiger partial charge in [0.05, 0.1) is 12.2 Å². The van der Waals surface area contributed by atoms with Gasteiger partial charge in [0.1, 0.15) is 5.75 Å². The lowest BCUT2D eigenvalue weighted by molar-refractivity contribution is -0.0883. The van der Waals surface area contributed by atoms with Gasteiger partial charge in [-0.15, -0.1) is 0 Å². The Morgan fingerprint density at radius 2 is 2.24 bits per heavy atom. The highest BCUT2D eigenvalue weighted by atomic mass is 35.5. The summed E-state index contributed by atoms with van der Waals surface area (Å²) in [5.74, 6) is 0.304. The molecule has 0 bridgehead atoms. The van der Waals surface area contributed by atoms with Crippen molar-refractivity contribution in [2.75, 3.05) is 19.7 Å². The van der Waals surface area contributed by atoms with Crippen molar-refractivity contribution in [3.05, 3.63) is 28.8 Å². The molecule has 1 saturated heterocycles. The van der Waals surface area contributed by atoms with E-state index >= 15 is 0 Å². The molecule has 1 heterocycles. The molecule has 1 aromatic rings. The van der Waals surface area contributed by atoms with Crippen LogP contribution in [0.4, 0.5) is 0 Å². The van der Waals surface area contributed by atoms with Crippen LogP contribution < -0.4 is 0 Å². The van der Waals surface area contributed by atoms with Crippen molar-refractivity contribution in [3.8, 4) is 5.75 Å². The molecule has 0 atom stereocenters. The van der Waals surface area contributed by atoms with E-state index in [0.717, 1.165) is 25.3 Å². The largest absolute Gasteiger partial charge is 0.508 e. The minimum absolute atomic E-state index is 0.119. The second-order valence-corrected chi connectivity index (χ2v) is 5.53. The van der Waals surface area contributed by atoms with Crippen molar-refractivity contribution < 1.29 is 9.84 Å². The van der Waals surface area contributed by atoms with Gasteiger partial charge in [-0.1, -0.05) is 11.6 Å². The molecule has 3 nitrogen and oxygen atoms in total. The zero-order chi connectivity index (χ0) is 12.5. The van der Waals surface area contributed by atoms with Crippen LogP contribution in [0.15, 0.2) is 18.2 Å². The Kier molecular flexibility index (Phi) is 3.61. The molecule has 1 fully saturated rings. The van der Waals surface area contributed by atoms with E-state index in [1.807, 2.05) is 6.07 Å². The first-order valence-corrected chi connectivity index (χ1v) is 6.18. The van der Waals surface area contributed by atoms with Crippen molar-refractivity contribution in [1.82, 2.24) is 4.90 Å². The summed E-state index contributed by atoms with van der Waals surface area (Å²) >= 11 is 5.94. The van der Waals surface area contributed by atoms with Crippen LogP contribution in [0, 0.1) is 0 Å². The van der Waals surface area contributed by atoms with Gasteiger partial charge in [-0.2, -0.15) is 0 Å². The zero-order valence-electron chi connectivity index (χ0n) is 10.2. The molecule has 0 aromatic heterocycles. The fourth-order valence-corrected chi connectivity index (χ4v) is 2.37. The molecule has 1 N–H and O–H groups in total. The maximum atomic E-state index is 9.78. The maximum absolute atomic E-state index is 9.78. The van der Waals surface area contributed by atoms with Crippen molar-refractivity contribution in [3.63, 3.8) is 0 Å². The molecule has 4 heteroatoms. The third-order valence-corrected chi connectivity index (χ3v) is 3.18. The molecule has 0 aliphatic carbocycles. The standard InChI is InChI=1S/C13H18ClNO2/c1-13(2)9-15(5-6-17-13)8-10-7-11(14)3-4-12(10)16/h3-4,7,16H,5-6,8-9H2,1-2H3.